The molecule has 2 aromatic carbocycles. The number of rotatable bonds is 8. The SMILES string of the molecule is COc1cccc(-c2nnc3ccc(OCCNC(=O)c4cccc(-n5cnnn5)c4)nn23)c1. The number of tetrazole rings is 1. The van der Waals surface area contributed by atoms with Gasteiger partial charge in [0.1, 0.15) is 18.7 Å². The van der Waals surface area contributed by atoms with Crippen molar-refractivity contribution in [2.45, 2.75) is 0 Å². The second kappa shape index (κ2) is 9.32. The molecule has 34 heavy (non-hydrogen) atoms. The molecule has 1 amide bonds. The Kier molecular flexibility index (Phi) is 5.76. The van der Waals surface area contributed by atoms with Gasteiger partial charge in [-0.1, -0.05) is 18.2 Å². The van der Waals surface area contributed by atoms with Gasteiger partial charge < -0.3 is 14.8 Å². The number of fused-ring (bicyclic) bond motifs is 1. The number of amides is 1. The van der Waals surface area contributed by atoms with Crippen LogP contribution in [0.4, 0.5) is 0 Å². The van der Waals surface area contributed by atoms with E-state index < -0.39 is 0 Å². The fourth-order valence-electron chi connectivity index (χ4n) is 3.28. The molecule has 3 aromatic heterocycles. The van der Waals surface area contributed by atoms with Crippen molar-refractivity contribution in [3.05, 3.63) is 72.6 Å². The lowest BCUT2D eigenvalue weighted by molar-refractivity contribution is 0.0946. The molecule has 0 aliphatic heterocycles. The Labute approximate surface area is 193 Å². The quantitative estimate of drug-likeness (QED) is 0.345. The van der Waals surface area contributed by atoms with Crippen LogP contribution in [0.25, 0.3) is 22.7 Å². The van der Waals surface area contributed by atoms with Crippen molar-refractivity contribution in [1.82, 2.24) is 45.3 Å². The molecule has 0 unspecified atom stereocenters. The van der Waals surface area contributed by atoms with Crippen LogP contribution in [0.5, 0.6) is 11.6 Å². The minimum atomic E-state index is -0.235. The number of aromatic nitrogens is 8. The van der Waals surface area contributed by atoms with Gasteiger partial charge in [0.2, 0.25) is 5.88 Å². The van der Waals surface area contributed by atoms with Gasteiger partial charge in [-0.05, 0) is 46.8 Å². The lowest BCUT2D eigenvalue weighted by atomic mass is 10.2. The molecule has 5 rings (SSSR count). The Morgan fingerprint density at radius 2 is 1.97 bits per heavy atom. The van der Waals surface area contributed by atoms with Gasteiger partial charge in [0.25, 0.3) is 5.91 Å². The van der Waals surface area contributed by atoms with Crippen LogP contribution in [-0.2, 0) is 0 Å². The molecule has 12 heteroatoms. The molecule has 0 bridgehead atoms. The van der Waals surface area contributed by atoms with Crippen LogP contribution in [-0.4, -0.2) is 66.2 Å². The summed E-state index contributed by atoms with van der Waals surface area (Å²) in [6.45, 7) is 0.520. The Hall–Kier alpha value is -4.87. The molecule has 0 spiro atoms. The number of methoxy groups -OCH3 is 1. The van der Waals surface area contributed by atoms with Crippen molar-refractivity contribution < 1.29 is 14.3 Å². The minimum Gasteiger partial charge on any atom is -0.497 e. The monoisotopic (exact) mass is 457 g/mol. The summed E-state index contributed by atoms with van der Waals surface area (Å²) in [7, 11) is 1.61. The molecular formula is C22H19N9O3. The largest absolute Gasteiger partial charge is 0.497 e. The number of nitrogens with one attached hydrogen (secondary N) is 1. The van der Waals surface area contributed by atoms with Crippen LogP contribution in [0.2, 0.25) is 0 Å². The van der Waals surface area contributed by atoms with Crippen molar-refractivity contribution in [3.8, 4) is 28.7 Å². The van der Waals surface area contributed by atoms with Gasteiger partial charge in [-0.15, -0.1) is 20.4 Å². The van der Waals surface area contributed by atoms with Crippen LogP contribution < -0.4 is 14.8 Å². The van der Waals surface area contributed by atoms with E-state index in [1.807, 2.05) is 30.3 Å². The third kappa shape index (κ3) is 4.37. The lowest BCUT2D eigenvalue weighted by Crippen LogP contribution is -2.28. The highest BCUT2D eigenvalue weighted by atomic mass is 16.5. The van der Waals surface area contributed by atoms with Gasteiger partial charge in [-0.3, -0.25) is 4.79 Å². The molecule has 5 aromatic rings. The predicted octanol–water partition coefficient (Wildman–Crippen LogP) is 1.58. The minimum absolute atomic E-state index is 0.230. The van der Waals surface area contributed by atoms with Crippen LogP contribution in [0, 0.1) is 0 Å². The molecule has 0 saturated carbocycles. The second-order valence-electron chi connectivity index (χ2n) is 7.11. The molecule has 0 saturated heterocycles. The number of nitrogens with zero attached hydrogens (tertiary/aromatic N) is 8. The van der Waals surface area contributed by atoms with E-state index >= 15 is 0 Å². The van der Waals surface area contributed by atoms with E-state index in [9.17, 15) is 4.79 Å². The van der Waals surface area contributed by atoms with Gasteiger partial charge in [0, 0.05) is 17.2 Å². The zero-order chi connectivity index (χ0) is 23.3. The normalized spacial score (nSPS) is 10.9. The Morgan fingerprint density at radius 1 is 1.06 bits per heavy atom. The first-order chi connectivity index (χ1) is 16.7. The molecule has 0 aliphatic carbocycles. The summed E-state index contributed by atoms with van der Waals surface area (Å²) in [5.41, 5.74) is 2.57. The van der Waals surface area contributed by atoms with E-state index in [4.69, 9.17) is 9.47 Å². The molecule has 12 nitrogen and oxygen atoms in total. The number of benzene rings is 2. The molecule has 0 fully saturated rings. The molecule has 1 N–H and O–H groups in total. The Balaban J connectivity index is 1.22. The van der Waals surface area contributed by atoms with Gasteiger partial charge in [-0.2, -0.15) is 4.52 Å². The fraction of sp³-hybridized carbons (Fsp3) is 0.136. The summed E-state index contributed by atoms with van der Waals surface area (Å²) in [6.07, 6.45) is 1.46. The maximum atomic E-state index is 12.5. The van der Waals surface area contributed by atoms with Crippen molar-refractivity contribution in [3.63, 3.8) is 0 Å². The molecule has 0 radical (unpaired) electrons. The number of hydrogen-bond donors (Lipinski definition) is 1. The van der Waals surface area contributed by atoms with E-state index in [0.717, 1.165) is 5.56 Å². The van der Waals surface area contributed by atoms with Crippen LogP contribution in [0.3, 0.4) is 0 Å². The average Bonchev–Trinajstić information content (AvgIpc) is 3.57. The number of carbonyl (C=O) groups excluding carboxylic acids is 1. The maximum Gasteiger partial charge on any atom is 0.251 e. The van der Waals surface area contributed by atoms with Crippen molar-refractivity contribution in [2.75, 3.05) is 20.3 Å². The van der Waals surface area contributed by atoms with Crippen LogP contribution in [0.1, 0.15) is 10.4 Å². The third-order valence-corrected chi connectivity index (χ3v) is 4.93. The van der Waals surface area contributed by atoms with Crippen molar-refractivity contribution in [1.29, 1.82) is 0 Å². The number of hydrogen-bond acceptors (Lipinski definition) is 9. The summed E-state index contributed by atoms with van der Waals surface area (Å²) in [6, 6.07) is 17.9. The highest BCUT2D eigenvalue weighted by molar-refractivity contribution is 5.94. The molecule has 0 atom stereocenters. The second-order valence-corrected chi connectivity index (χ2v) is 7.11. The van der Waals surface area contributed by atoms with E-state index in [2.05, 4.69) is 36.1 Å². The van der Waals surface area contributed by atoms with Crippen molar-refractivity contribution >= 4 is 11.6 Å². The summed E-state index contributed by atoms with van der Waals surface area (Å²) in [4.78, 5) is 12.5. The highest BCUT2D eigenvalue weighted by Crippen LogP contribution is 2.23. The molecule has 170 valence electrons. The predicted molar refractivity (Wildman–Crippen MR) is 120 cm³/mol. The lowest BCUT2D eigenvalue weighted by Gasteiger charge is -2.08. The van der Waals surface area contributed by atoms with Gasteiger partial charge in [0.05, 0.1) is 19.3 Å². The van der Waals surface area contributed by atoms with Gasteiger partial charge >= 0.3 is 0 Å². The first kappa shape index (κ1) is 21.0. The standard InChI is InChI=1S/C22H19N9O3/c1-33-18-7-3-4-15(13-18)21-26-25-19-8-9-20(27-31(19)21)34-11-10-23-22(32)16-5-2-6-17(12-16)30-14-24-28-29-30/h2-9,12-14H,10-11H2,1H3,(H,23,32). The summed E-state index contributed by atoms with van der Waals surface area (Å²) in [5.74, 6) is 1.42. The number of carbonyl (C=O) groups is 1. The molecular weight excluding hydrogens is 438 g/mol. The maximum absolute atomic E-state index is 12.5. The highest BCUT2D eigenvalue weighted by Gasteiger charge is 2.12. The Morgan fingerprint density at radius 3 is 2.82 bits per heavy atom. The van der Waals surface area contributed by atoms with E-state index in [1.54, 1.807) is 42.0 Å². The molecule has 3 heterocycles. The smallest absolute Gasteiger partial charge is 0.251 e. The topological polar surface area (TPSA) is 134 Å². The average molecular weight is 457 g/mol. The van der Waals surface area contributed by atoms with Crippen LogP contribution >= 0.6 is 0 Å². The first-order valence-electron chi connectivity index (χ1n) is 10.3. The summed E-state index contributed by atoms with van der Waals surface area (Å²) in [5, 5.41) is 26.7. The summed E-state index contributed by atoms with van der Waals surface area (Å²) < 4.78 is 14.1. The van der Waals surface area contributed by atoms with Crippen LogP contribution in [0.15, 0.2) is 67.0 Å². The zero-order valence-electron chi connectivity index (χ0n) is 18.1. The zero-order valence-corrected chi connectivity index (χ0v) is 18.1. The van der Waals surface area contributed by atoms with Gasteiger partial charge in [-0.25, -0.2) is 4.68 Å². The van der Waals surface area contributed by atoms with E-state index in [-0.39, 0.29) is 12.5 Å². The molecule has 0 aliphatic rings. The van der Waals surface area contributed by atoms with E-state index in [0.29, 0.717) is 40.9 Å². The fourth-order valence-corrected chi connectivity index (χ4v) is 3.28. The van der Waals surface area contributed by atoms with E-state index in [1.165, 1.54) is 11.0 Å². The Bertz CT molecular complexity index is 1430. The van der Waals surface area contributed by atoms with Crippen molar-refractivity contribution in [2.24, 2.45) is 0 Å². The summed E-state index contributed by atoms with van der Waals surface area (Å²) >= 11 is 0. The van der Waals surface area contributed by atoms with Gasteiger partial charge in [0.15, 0.2) is 11.5 Å². The first-order valence-corrected chi connectivity index (χ1v) is 10.3. The third-order valence-electron chi connectivity index (χ3n) is 4.93. The number of ether oxygens (including phenoxy) is 2.